The first-order valence-electron chi connectivity index (χ1n) is 7.50. The van der Waals surface area contributed by atoms with Crippen LogP contribution in [-0.2, 0) is 4.79 Å². The van der Waals surface area contributed by atoms with Crippen LogP contribution in [0.1, 0.15) is 6.42 Å². The highest BCUT2D eigenvalue weighted by Gasteiger charge is 2.47. The summed E-state index contributed by atoms with van der Waals surface area (Å²) in [5.74, 6) is 0.408. The molecule has 7 nitrogen and oxygen atoms in total. The minimum absolute atomic E-state index is 0.174. The van der Waals surface area contributed by atoms with Gasteiger partial charge in [0.05, 0.1) is 13.6 Å². The predicted molar refractivity (Wildman–Crippen MR) is 77.4 cm³/mol. The van der Waals surface area contributed by atoms with E-state index in [2.05, 4.69) is 17.4 Å². The molecule has 0 radical (unpaired) electrons. The number of nitrogens with two attached hydrogens (primary N) is 2. The highest BCUT2D eigenvalue weighted by molar-refractivity contribution is 5.77. The molecule has 0 atom stereocenters. The molecule has 114 valence electrons. The molecule has 0 aromatic heterocycles. The lowest BCUT2D eigenvalue weighted by molar-refractivity contribution is -1.07. The van der Waals surface area contributed by atoms with Gasteiger partial charge >= 0.3 is 5.96 Å². The van der Waals surface area contributed by atoms with Gasteiger partial charge in [0.15, 0.2) is 6.54 Å². The van der Waals surface area contributed by atoms with E-state index < -0.39 is 0 Å². The maximum Gasteiger partial charge on any atom is 0.338 e. The number of hydrogen-bond acceptors (Lipinski definition) is 1. The maximum atomic E-state index is 12.1. The van der Waals surface area contributed by atoms with Gasteiger partial charge in [-0.15, -0.1) is 0 Å². The van der Waals surface area contributed by atoms with Crippen LogP contribution in [0.3, 0.4) is 0 Å². The highest BCUT2D eigenvalue weighted by atomic mass is 16.2. The number of likely N-dealkylation sites (N-methyl/N-ethyl adjacent to an activating group) is 1. The maximum absolute atomic E-state index is 12.1. The molecule has 0 aliphatic carbocycles. The molecule has 3 saturated heterocycles. The highest BCUT2D eigenvalue weighted by Crippen LogP contribution is 2.24. The number of nitrogens with zero attached hydrogens (tertiary/aromatic N) is 2. The molecule has 3 heterocycles. The van der Waals surface area contributed by atoms with Gasteiger partial charge in [0.1, 0.15) is 39.3 Å². The van der Waals surface area contributed by atoms with Crippen molar-refractivity contribution in [2.24, 2.45) is 11.5 Å². The van der Waals surface area contributed by atoms with Crippen LogP contribution in [0.15, 0.2) is 0 Å². The molecule has 0 aromatic carbocycles. The Morgan fingerprint density at radius 2 is 1.75 bits per heavy atom. The van der Waals surface area contributed by atoms with Gasteiger partial charge in [-0.05, 0) is 6.42 Å². The van der Waals surface area contributed by atoms with Crippen LogP contribution in [-0.4, -0.2) is 86.8 Å². The second-order valence-corrected chi connectivity index (χ2v) is 6.55. The standard InChI is InChI=1S/C13H27N6O/c1-18-5-8-19(9-6-18,10-7-18)11-12(20)16-3-2-4-17-13(14)15/h2-11H2,1H3,(H4-,14,15,16,17,20)/q+1/p+2. The zero-order valence-electron chi connectivity index (χ0n) is 12.5. The van der Waals surface area contributed by atoms with Crippen LogP contribution < -0.4 is 21.8 Å². The molecule has 0 saturated carbocycles. The molecule has 3 aliphatic heterocycles. The average molecular weight is 285 g/mol. The number of carbonyl (C=O) groups is 1. The zero-order valence-corrected chi connectivity index (χ0v) is 12.5. The van der Waals surface area contributed by atoms with Crippen LogP contribution in [0.2, 0.25) is 0 Å². The van der Waals surface area contributed by atoms with Gasteiger partial charge in [0.25, 0.3) is 5.91 Å². The number of carbonyl (C=O) groups excluding carboxylic acids is 1. The van der Waals surface area contributed by atoms with E-state index in [1.165, 1.54) is 24.1 Å². The fraction of sp³-hybridized carbons (Fsp3) is 0.846. The van der Waals surface area contributed by atoms with Crippen molar-refractivity contribution in [1.29, 1.82) is 0 Å². The van der Waals surface area contributed by atoms with Crippen LogP contribution in [0.4, 0.5) is 0 Å². The third kappa shape index (κ3) is 3.83. The van der Waals surface area contributed by atoms with Crippen molar-refractivity contribution in [1.82, 2.24) is 5.32 Å². The summed E-state index contributed by atoms with van der Waals surface area (Å²) in [6.07, 6.45) is 0.832. The number of rotatable bonds is 6. The summed E-state index contributed by atoms with van der Waals surface area (Å²) in [6.45, 7) is 9.07. The van der Waals surface area contributed by atoms with E-state index in [1.807, 2.05) is 0 Å². The summed E-state index contributed by atoms with van der Waals surface area (Å²) in [7, 11) is 2.33. The minimum atomic E-state index is 0.174. The molecule has 2 bridgehead atoms. The minimum Gasteiger partial charge on any atom is -0.351 e. The number of quaternary nitrogens is 2. The number of hydrogen-bond donors (Lipinski definition) is 4. The van der Waals surface area contributed by atoms with Gasteiger partial charge in [-0.2, -0.15) is 0 Å². The van der Waals surface area contributed by atoms with Crippen LogP contribution in [0.25, 0.3) is 0 Å². The summed E-state index contributed by atoms with van der Waals surface area (Å²) >= 11 is 0. The number of nitrogens with one attached hydrogen (secondary N) is 2. The molecule has 1 amide bonds. The molecule has 3 rings (SSSR count). The number of fused-ring (bicyclic) bond motifs is 3. The monoisotopic (exact) mass is 285 g/mol. The topological polar surface area (TPSA) is 95.1 Å². The number of piperazine rings is 3. The van der Waals surface area contributed by atoms with E-state index in [9.17, 15) is 4.79 Å². The van der Waals surface area contributed by atoms with E-state index in [4.69, 9.17) is 11.5 Å². The molecule has 20 heavy (non-hydrogen) atoms. The SMILES string of the molecule is C[N+]12CC[N+](CC(=O)NCCC[NH+]=C(N)N)(CC1)CC2. The second-order valence-electron chi connectivity index (χ2n) is 6.55. The van der Waals surface area contributed by atoms with Crippen molar-refractivity contribution in [3.8, 4) is 0 Å². The Morgan fingerprint density at radius 1 is 1.15 bits per heavy atom. The molecule has 0 spiro atoms. The summed E-state index contributed by atoms with van der Waals surface area (Å²) in [5, 5.41) is 3.00. The summed E-state index contributed by atoms with van der Waals surface area (Å²) < 4.78 is 2.19. The summed E-state index contributed by atoms with van der Waals surface area (Å²) in [6, 6.07) is 0. The Bertz CT molecular complexity index is 366. The first-order valence-corrected chi connectivity index (χ1v) is 7.50. The van der Waals surface area contributed by atoms with Gasteiger partial charge < -0.3 is 14.3 Å². The van der Waals surface area contributed by atoms with E-state index in [0.717, 1.165) is 30.5 Å². The van der Waals surface area contributed by atoms with Crippen LogP contribution in [0, 0.1) is 0 Å². The quantitative estimate of drug-likeness (QED) is 0.174. The number of amides is 1. The van der Waals surface area contributed by atoms with E-state index in [-0.39, 0.29) is 11.9 Å². The molecule has 0 unspecified atom stereocenters. The third-order valence-corrected chi connectivity index (χ3v) is 4.83. The molecule has 6 N–H and O–H groups in total. The van der Waals surface area contributed by atoms with Crippen molar-refractivity contribution in [3.05, 3.63) is 0 Å². The van der Waals surface area contributed by atoms with E-state index in [0.29, 0.717) is 19.6 Å². The lowest BCUT2D eigenvalue weighted by Crippen LogP contribution is -2.78. The third-order valence-electron chi connectivity index (χ3n) is 4.83. The molecular formula is C13H29N6O+3. The Kier molecular flexibility index (Phi) is 4.49. The molecule has 3 aliphatic rings. The zero-order chi connectivity index (χ0) is 14.6. The van der Waals surface area contributed by atoms with Crippen molar-refractivity contribution in [2.75, 3.05) is 66.0 Å². The lowest BCUT2D eigenvalue weighted by Gasteiger charge is -2.53. The van der Waals surface area contributed by atoms with Gasteiger partial charge in [-0.3, -0.25) is 21.3 Å². The van der Waals surface area contributed by atoms with Crippen molar-refractivity contribution in [2.45, 2.75) is 6.42 Å². The normalized spacial score (nSPS) is 31.9. The van der Waals surface area contributed by atoms with E-state index in [1.54, 1.807) is 0 Å². The Labute approximate surface area is 120 Å². The smallest absolute Gasteiger partial charge is 0.338 e. The van der Waals surface area contributed by atoms with Crippen LogP contribution >= 0.6 is 0 Å². The average Bonchev–Trinajstić information content (AvgIpc) is 2.40. The van der Waals surface area contributed by atoms with Gasteiger partial charge in [-0.25, -0.2) is 0 Å². The van der Waals surface area contributed by atoms with Crippen molar-refractivity contribution in [3.63, 3.8) is 0 Å². The Morgan fingerprint density at radius 3 is 2.30 bits per heavy atom. The molecule has 3 fully saturated rings. The molecular weight excluding hydrogens is 256 g/mol. The van der Waals surface area contributed by atoms with Crippen molar-refractivity contribution >= 4 is 11.9 Å². The lowest BCUT2D eigenvalue weighted by atomic mass is 10.1. The second kappa shape index (κ2) is 5.97. The number of guanidine groups is 1. The summed E-state index contributed by atoms with van der Waals surface area (Å²) in [4.78, 5) is 14.9. The predicted octanol–water partition coefficient (Wildman–Crippen LogP) is -3.86. The van der Waals surface area contributed by atoms with E-state index >= 15 is 0 Å². The molecule has 0 aromatic rings. The van der Waals surface area contributed by atoms with Gasteiger partial charge in [0.2, 0.25) is 0 Å². The Balaban J connectivity index is 1.68. The molecule has 7 heteroatoms. The van der Waals surface area contributed by atoms with Crippen LogP contribution in [0.5, 0.6) is 0 Å². The fourth-order valence-electron chi connectivity index (χ4n) is 3.18. The van der Waals surface area contributed by atoms with Crippen molar-refractivity contribution < 1.29 is 18.8 Å². The van der Waals surface area contributed by atoms with Gasteiger partial charge in [0, 0.05) is 6.54 Å². The Hall–Kier alpha value is -1.34. The largest absolute Gasteiger partial charge is 0.351 e. The first-order chi connectivity index (χ1) is 9.43. The first kappa shape index (κ1) is 15.1. The van der Waals surface area contributed by atoms with Gasteiger partial charge in [-0.1, -0.05) is 0 Å². The summed E-state index contributed by atoms with van der Waals surface area (Å²) in [5.41, 5.74) is 10.6. The fourth-order valence-corrected chi connectivity index (χ4v) is 3.18.